The lowest BCUT2D eigenvalue weighted by molar-refractivity contribution is 0.265. The standard InChI is InChI=1S/C19H24N6O3S/c1-12-17(13(2)23-22-12)29(26,27)25-10-6-9-15(11-25)19-21-18(24-28-19)16(20)14-7-4-3-5-8-14/h3-5,7-8,15-16H,6,9-11,20H2,1-2H3,(H,22,23). The van der Waals surface area contributed by atoms with Crippen molar-refractivity contribution in [1.82, 2.24) is 24.6 Å². The van der Waals surface area contributed by atoms with Crippen molar-refractivity contribution in [2.24, 2.45) is 5.73 Å². The van der Waals surface area contributed by atoms with Gasteiger partial charge in [-0.25, -0.2) is 8.42 Å². The molecule has 1 aliphatic heterocycles. The van der Waals surface area contributed by atoms with Crippen LogP contribution in [0.3, 0.4) is 0 Å². The van der Waals surface area contributed by atoms with Crippen molar-refractivity contribution in [3.05, 3.63) is 59.0 Å². The second-order valence-corrected chi connectivity index (χ2v) is 9.22. The van der Waals surface area contributed by atoms with Crippen molar-refractivity contribution >= 4 is 10.0 Å². The van der Waals surface area contributed by atoms with E-state index in [2.05, 4.69) is 20.3 Å². The minimum absolute atomic E-state index is 0.171. The third-order valence-electron chi connectivity index (χ3n) is 5.29. The van der Waals surface area contributed by atoms with Gasteiger partial charge in [0.15, 0.2) is 5.82 Å². The summed E-state index contributed by atoms with van der Waals surface area (Å²) in [6.45, 7) is 4.14. The Kier molecular flexibility index (Phi) is 5.24. The van der Waals surface area contributed by atoms with Crippen molar-refractivity contribution in [2.75, 3.05) is 13.1 Å². The van der Waals surface area contributed by atoms with Gasteiger partial charge in [-0.1, -0.05) is 35.5 Å². The zero-order valence-corrected chi connectivity index (χ0v) is 17.2. The molecule has 4 rings (SSSR count). The molecule has 154 valence electrons. The monoisotopic (exact) mass is 416 g/mol. The average Bonchev–Trinajstić information content (AvgIpc) is 3.35. The lowest BCUT2D eigenvalue weighted by Crippen LogP contribution is -2.39. The highest BCUT2D eigenvalue weighted by molar-refractivity contribution is 7.89. The van der Waals surface area contributed by atoms with Gasteiger partial charge in [-0.05, 0) is 32.3 Å². The maximum Gasteiger partial charge on any atom is 0.246 e. The van der Waals surface area contributed by atoms with Crippen molar-refractivity contribution < 1.29 is 12.9 Å². The highest BCUT2D eigenvalue weighted by atomic mass is 32.2. The first-order valence-electron chi connectivity index (χ1n) is 9.53. The van der Waals surface area contributed by atoms with E-state index in [1.54, 1.807) is 13.8 Å². The van der Waals surface area contributed by atoms with Crippen LogP contribution < -0.4 is 5.73 Å². The number of rotatable bonds is 5. The minimum Gasteiger partial charge on any atom is -0.339 e. The molecule has 2 atom stereocenters. The summed E-state index contributed by atoms with van der Waals surface area (Å²) < 4.78 is 33.2. The molecule has 1 fully saturated rings. The molecule has 2 aromatic heterocycles. The van der Waals surface area contributed by atoms with Crippen LogP contribution in [0.15, 0.2) is 39.8 Å². The van der Waals surface area contributed by atoms with E-state index in [0.717, 1.165) is 12.0 Å². The van der Waals surface area contributed by atoms with Crippen LogP contribution in [0.5, 0.6) is 0 Å². The maximum atomic E-state index is 13.1. The van der Waals surface area contributed by atoms with Crippen LogP contribution in [0.2, 0.25) is 0 Å². The van der Waals surface area contributed by atoms with Crippen LogP contribution in [0.1, 0.15) is 53.5 Å². The summed E-state index contributed by atoms with van der Waals surface area (Å²) in [5, 5.41) is 10.8. The average molecular weight is 417 g/mol. The van der Waals surface area contributed by atoms with E-state index < -0.39 is 16.1 Å². The number of benzene rings is 1. The SMILES string of the molecule is Cc1n[nH]c(C)c1S(=O)(=O)N1CCCC(c2nc(C(N)c3ccccc3)no2)C1. The van der Waals surface area contributed by atoms with Gasteiger partial charge in [-0.3, -0.25) is 5.10 Å². The highest BCUT2D eigenvalue weighted by Crippen LogP contribution is 2.31. The molecule has 1 aliphatic rings. The summed E-state index contributed by atoms with van der Waals surface area (Å²) in [6.07, 6.45) is 1.49. The number of hydrogen-bond donors (Lipinski definition) is 2. The molecule has 10 heteroatoms. The Morgan fingerprint density at radius 3 is 2.72 bits per heavy atom. The maximum absolute atomic E-state index is 13.1. The molecule has 2 unspecified atom stereocenters. The largest absolute Gasteiger partial charge is 0.339 e. The molecule has 3 aromatic rings. The Bertz CT molecular complexity index is 1070. The number of piperidine rings is 1. The number of nitrogens with zero attached hydrogens (tertiary/aromatic N) is 4. The number of hydrogen-bond acceptors (Lipinski definition) is 7. The summed E-state index contributed by atoms with van der Waals surface area (Å²) in [6, 6.07) is 9.04. The number of nitrogens with one attached hydrogen (secondary N) is 1. The molecule has 3 heterocycles. The normalized spacial score (nSPS) is 19.3. The predicted octanol–water partition coefficient (Wildman–Crippen LogP) is 2.03. The number of aromatic amines is 1. The molecule has 0 bridgehead atoms. The summed E-state index contributed by atoms with van der Waals surface area (Å²) in [4.78, 5) is 4.73. The van der Waals surface area contributed by atoms with Crippen molar-refractivity contribution in [2.45, 2.75) is 43.5 Å². The third-order valence-corrected chi connectivity index (χ3v) is 7.42. The van der Waals surface area contributed by atoms with E-state index in [1.807, 2.05) is 30.3 Å². The summed E-state index contributed by atoms with van der Waals surface area (Å²) >= 11 is 0. The quantitative estimate of drug-likeness (QED) is 0.650. The van der Waals surface area contributed by atoms with E-state index in [9.17, 15) is 8.42 Å². The number of sulfonamides is 1. The molecular weight excluding hydrogens is 392 g/mol. The Morgan fingerprint density at radius 2 is 2.03 bits per heavy atom. The summed E-state index contributed by atoms with van der Waals surface area (Å²) in [5.41, 5.74) is 8.15. The zero-order valence-electron chi connectivity index (χ0n) is 16.4. The van der Waals surface area contributed by atoms with E-state index in [0.29, 0.717) is 36.1 Å². The van der Waals surface area contributed by atoms with Gasteiger partial charge in [-0.2, -0.15) is 14.4 Å². The number of nitrogens with two attached hydrogens (primary N) is 1. The molecule has 0 spiro atoms. The van der Waals surface area contributed by atoms with Gasteiger partial charge in [-0.15, -0.1) is 0 Å². The first-order valence-corrected chi connectivity index (χ1v) is 11.0. The predicted molar refractivity (Wildman–Crippen MR) is 106 cm³/mol. The number of H-pyrrole nitrogens is 1. The second-order valence-electron chi connectivity index (χ2n) is 7.34. The highest BCUT2D eigenvalue weighted by Gasteiger charge is 2.36. The fourth-order valence-electron chi connectivity index (χ4n) is 3.76. The molecule has 3 N–H and O–H groups in total. The Labute approximate surface area is 169 Å². The first-order chi connectivity index (χ1) is 13.9. The molecular formula is C19H24N6O3S. The van der Waals surface area contributed by atoms with Crippen LogP contribution in [0, 0.1) is 13.8 Å². The van der Waals surface area contributed by atoms with Gasteiger partial charge in [0, 0.05) is 13.1 Å². The second kappa shape index (κ2) is 7.69. The molecule has 0 amide bonds. The van der Waals surface area contributed by atoms with Gasteiger partial charge >= 0.3 is 0 Å². The Morgan fingerprint density at radius 1 is 1.28 bits per heavy atom. The first kappa shape index (κ1) is 19.7. The van der Waals surface area contributed by atoms with E-state index in [-0.39, 0.29) is 17.4 Å². The van der Waals surface area contributed by atoms with Gasteiger partial charge < -0.3 is 10.3 Å². The fourth-order valence-corrected chi connectivity index (χ4v) is 5.62. The third kappa shape index (κ3) is 3.70. The molecule has 0 aliphatic carbocycles. The van der Waals surface area contributed by atoms with Crippen molar-refractivity contribution in [3.63, 3.8) is 0 Å². The smallest absolute Gasteiger partial charge is 0.246 e. The molecule has 0 saturated carbocycles. The van der Waals surface area contributed by atoms with E-state index in [1.165, 1.54) is 4.31 Å². The molecule has 1 saturated heterocycles. The van der Waals surface area contributed by atoms with Gasteiger partial charge in [0.25, 0.3) is 0 Å². The van der Waals surface area contributed by atoms with Crippen LogP contribution >= 0.6 is 0 Å². The van der Waals surface area contributed by atoms with Crippen molar-refractivity contribution in [3.8, 4) is 0 Å². The van der Waals surface area contributed by atoms with E-state index in [4.69, 9.17) is 10.3 Å². The molecule has 1 aromatic carbocycles. The fraction of sp³-hybridized carbons (Fsp3) is 0.421. The van der Waals surface area contributed by atoms with Gasteiger partial charge in [0.1, 0.15) is 4.90 Å². The summed E-state index contributed by atoms with van der Waals surface area (Å²) in [5.74, 6) is 0.648. The van der Waals surface area contributed by atoms with Crippen LogP contribution in [0.25, 0.3) is 0 Å². The molecule has 0 radical (unpaired) electrons. The van der Waals surface area contributed by atoms with Crippen LogP contribution in [0.4, 0.5) is 0 Å². The van der Waals surface area contributed by atoms with Gasteiger partial charge in [0.05, 0.1) is 23.3 Å². The number of aryl methyl sites for hydroxylation is 2. The minimum atomic E-state index is -3.65. The lowest BCUT2D eigenvalue weighted by Gasteiger charge is -2.30. The van der Waals surface area contributed by atoms with Gasteiger partial charge in [0.2, 0.25) is 15.9 Å². The van der Waals surface area contributed by atoms with Crippen molar-refractivity contribution in [1.29, 1.82) is 0 Å². The Balaban J connectivity index is 1.54. The molecule has 29 heavy (non-hydrogen) atoms. The molecule has 9 nitrogen and oxygen atoms in total. The zero-order chi connectivity index (χ0) is 20.6. The van der Waals surface area contributed by atoms with Crippen LogP contribution in [-0.2, 0) is 10.0 Å². The Hall–Kier alpha value is -2.56. The lowest BCUT2D eigenvalue weighted by atomic mass is 10.00. The summed E-state index contributed by atoms with van der Waals surface area (Å²) in [7, 11) is -3.65. The van der Waals surface area contributed by atoms with E-state index >= 15 is 0 Å². The van der Waals surface area contributed by atoms with Crippen LogP contribution in [-0.4, -0.2) is 46.2 Å². The number of aromatic nitrogens is 4. The topological polar surface area (TPSA) is 131 Å².